The third-order valence-electron chi connectivity index (χ3n) is 4.45. The Morgan fingerprint density at radius 2 is 1.93 bits per heavy atom. The standard InChI is InChI=1S/C19H17ClF3N3O/c1-11-12(7-8-14(20)16(11)21)13-5-3-4-6-15(13)24-18(27)19(17(22)23)9-10-26(2)25-19/h3-10,17,25H,1-2H3,(H,24,27). The maximum absolute atomic E-state index is 14.2. The van der Waals surface area contributed by atoms with Crippen LogP contribution >= 0.6 is 11.6 Å². The van der Waals surface area contributed by atoms with Gasteiger partial charge in [-0.25, -0.2) is 18.6 Å². The van der Waals surface area contributed by atoms with Crippen LogP contribution in [0.25, 0.3) is 11.1 Å². The SMILES string of the molecule is Cc1c(-c2ccccc2NC(=O)C2(C(F)F)C=CN(C)N2)ccc(Cl)c1F. The average molecular weight is 396 g/mol. The molecule has 0 aliphatic carbocycles. The molecule has 2 aromatic rings. The van der Waals surface area contributed by atoms with Crippen LogP contribution in [0.2, 0.25) is 5.02 Å². The Kier molecular flexibility index (Phi) is 5.17. The van der Waals surface area contributed by atoms with Gasteiger partial charge in [-0.2, -0.15) is 0 Å². The Labute approximate surface area is 159 Å². The van der Waals surface area contributed by atoms with Gasteiger partial charge in [0.15, 0.2) is 5.54 Å². The highest BCUT2D eigenvalue weighted by atomic mass is 35.5. The Balaban J connectivity index is 1.99. The van der Waals surface area contributed by atoms with Crippen molar-refractivity contribution in [2.24, 2.45) is 0 Å². The summed E-state index contributed by atoms with van der Waals surface area (Å²) in [6, 6.07) is 9.64. The molecule has 0 saturated carbocycles. The molecule has 1 aliphatic rings. The zero-order valence-electron chi connectivity index (χ0n) is 14.6. The molecule has 2 N–H and O–H groups in total. The number of halogens is 4. The van der Waals surface area contributed by atoms with Crippen molar-refractivity contribution >= 4 is 23.2 Å². The lowest BCUT2D eigenvalue weighted by Gasteiger charge is -2.28. The molecule has 0 spiro atoms. The zero-order valence-corrected chi connectivity index (χ0v) is 15.3. The van der Waals surface area contributed by atoms with Crippen LogP contribution in [-0.4, -0.2) is 29.9 Å². The Bertz CT molecular complexity index is 919. The second-order valence-corrected chi connectivity index (χ2v) is 6.65. The predicted octanol–water partition coefficient (Wildman–Crippen LogP) is 4.36. The van der Waals surface area contributed by atoms with Gasteiger partial charge in [0.05, 0.1) is 5.02 Å². The summed E-state index contributed by atoms with van der Waals surface area (Å²) in [5, 5.41) is 3.81. The number of nitrogens with one attached hydrogen (secondary N) is 2. The van der Waals surface area contributed by atoms with E-state index in [1.165, 1.54) is 24.3 Å². The molecule has 4 nitrogen and oxygen atoms in total. The fourth-order valence-corrected chi connectivity index (χ4v) is 3.14. The third kappa shape index (κ3) is 3.40. The van der Waals surface area contributed by atoms with Gasteiger partial charge in [-0.1, -0.05) is 35.9 Å². The second kappa shape index (κ2) is 7.25. The van der Waals surface area contributed by atoms with Crippen LogP contribution in [0.4, 0.5) is 18.9 Å². The van der Waals surface area contributed by atoms with E-state index in [-0.39, 0.29) is 10.7 Å². The van der Waals surface area contributed by atoms with Crippen LogP contribution in [-0.2, 0) is 4.79 Å². The molecule has 3 rings (SSSR count). The first kappa shape index (κ1) is 19.3. The van der Waals surface area contributed by atoms with E-state index in [0.29, 0.717) is 16.7 Å². The van der Waals surface area contributed by atoms with Crippen LogP contribution in [0, 0.1) is 12.7 Å². The number of nitrogens with zero attached hydrogens (tertiary/aromatic N) is 1. The minimum atomic E-state index is -2.97. The topological polar surface area (TPSA) is 44.4 Å². The lowest BCUT2D eigenvalue weighted by molar-refractivity contribution is -0.127. The summed E-state index contributed by atoms with van der Waals surface area (Å²) in [6.45, 7) is 1.56. The zero-order chi connectivity index (χ0) is 19.8. The summed E-state index contributed by atoms with van der Waals surface area (Å²) >= 11 is 5.80. The van der Waals surface area contributed by atoms with E-state index in [2.05, 4.69) is 10.7 Å². The van der Waals surface area contributed by atoms with Gasteiger partial charge in [0.1, 0.15) is 5.82 Å². The van der Waals surface area contributed by atoms with Crippen LogP contribution < -0.4 is 10.7 Å². The van der Waals surface area contributed by atoms with E-state index < -0.39 is 23.7 Å². The number of anilines is 1. The maximum Gasteiger partial charge on any atom is 0.270 e. The smallest absolute Gasteiger partial charge is 0.270 e. The molecular weight excluding hydrogens is 379 g/mol. The third-order valence-corrected chi connectivity index (χ3v) is 4.74. The lowest BCUT2D eigenvalue weighted by atomic mass is 9.97. The van der Waals surface area contributed by atoms with Crippen molar-refractivity contribution in [2.75, 3.05) is 12.4 Å². The first-order valence-electron chi connectivity index (χ1n) is 8.10. The van der Waals surface area contributed by atoms with Crippen molar-refractivity contribution in [3.8, 4) is 11.1 Å². The van der Waals surface area contributed by atoms with Gasteiger partial charge in [-0.15, -0.1) is 0 Å². The van der Waals surface area contributed by atoms with Crippen LogP contribution in [0.15, 0.2) is 48.7 Å². The summed E-state index contributed by atoms with van der Waals surface area (Å²) < 4.78 is 41.5. The molecule has 0 aromatic heterocycles. The molecular formula is C19H17ClF3N3O. The highest BCUT2D eigenvalue weighted by molar-refractivity contribution is 6.30. The molecule has 1 atom stereocenters. The van der Waals surface area contributed by atoms with Crippen molar-refractivity contribution in [1.82, 2.24) is 10.4 Å². The Morgan fingerprint density at radius 1 is 1.22 bits per heavy atom. The van der Waals surface area contributed by atoms with Crippen LogP contribution in [0.1, 0.15) is 5.56 Å². The summed E-state index contributed by atoms with van der Waals surface area (Å²) in [5.74, 6) is -1.49. The van der Waals surface area contributed by atoms with Crippen LogP contribution in [0.5, 0.6) is 0 Å². The number of amides is 1. The van der Waals surface area contributed by atoms with E-state index >= 15 is 0 Å². The molecule has 1 amide bonds. The number of alkyl halides is 2. The van der Waals surface area contributed by atoms with Crippen LogP contribution in [0.3, 0.4) is 0 Å². The summed E-state index contributed by atoms with van der Waals surface area (Å²) in [4.78, 5) is 12.7. The minimum Gasteiger partial charge on any atom is -0.323 e. The van der Waals surface area contributed by atoms with Crippen molar-refractivity contribution < 1.29 is 18.0 Å². The number of hydrogen-bond donors (Lipinski definition) is 2. The summed E-state index contributed by atoms with van der Waals surface area (Å²) in [7, 11) is 1.52. The molecule has 1 heterocycles. The number of hydrazine groups is 1. The second-order valence-electron chi connectivity index (χ2n) is 6.24. The highest BCUT2D eigenvalue weighted by Gasteiger charge is 2.48. The van der Waals surface area contributed by atoms with E-state index in [4.69, 9.17) is 11.6 Å². The van der Waals surface area contributed by atoms with E-state index in [9.17, 15) is 18.0 Å². The molecule has 142 valence electrons. The average Bonchev–Trinajstić information content (AvgIpc) is 3.04. The van der Waals surface area contributed by atoms with Gasteiger partial charge in [0.25, 0.3) is 12.3 Å². The molecule has 0 bridgehead atoms. The fourth-order valence-electron chi connectivity index (χ4n) is 2.94. The first-order valence-corrected chi connectivity index (χ1v) is 8.47. The summed E-state index contributed by atoms with van der Waals surface area (Å²) in [6.07, 6.45) is -0.500. The lowest BCUT2D eigenvalue weighted by Crippen LogP contribution is -2.58. The van der Waals surface area contributed by atoms with Crippen molar-refractivity contribution in [3.05, 3.63) is 65.1 Å². The molecule has 0 fully saturated rings. The van der Waals surface area contributed by atoms with Crippen molar-refractivity contribution in [1.29, 1.82) is 0 Å². The van der Waals surface area contributed by atoms with Gasteiger partial charge in [-0.3, -0.25) is 4.79 Å². The van der Waals surface area contributed by atoms with Gasteiger partial charge in [0, 0.05) is 24.5 Å². The molecule has 0 saturated heterocycles. The number of carbonyl (C=O) groups excluding carboxylic acids is 1. The van der Waals surface area contributed by atoms with Gasteiger partial charge < -0.3 is 10.3 Å². The molecule has 8 heteroatoms. The number of benzene rings is 2. The Morgan fingerprint density at radius 3 is 2.56 bits per heavy atom. The molecule has 2 aromatic carbocycles. The van der Waals surface area contributed by atoms with E-state index in [0.717, 1.165) is 6.08 Å². The number of carbonyl (C=O) groups is 1. The van der Waals surface area contributed by atoms with Gasteiger partial charge in [-0.05, 0) is 36.3 Å². The monoisotopic (exact) mass is 395 g/mol. The van der Waals surface area contributed by atoms with E-state index in [1.54, 1.807) is 37.3 Å². The first-order chi connectivity index (χ1) is 12.8. The van der Waals surface area contributed by atoms with E-state index in [1.807, 2.05) is 0 Å². The fraction of sp³-hybridized carbons (Fsp3) is 0.211. The number of para-hydroxylation sites is 1. The van der Waals surface area contributed by atoms with Crippen molar-refractivity contribution in [3.63, 3.8) is 0 Å². The normalized spacial score (nSPS) is 19.0. The number of hydrogen-bond acceptors (Lipinski definition) is 3. The minimum absolute atomic E-state index is 0.0160. The number of rotatable bonds is 4. The molecule has 27 heavy (non-hydrogen) atoms. The Hall–Kier alpha value is -2.51. The molecule has 1 aliphatic heterocycles. The largest absolute Gasteiger partial charge is 0.323 e. The highest BCUT2D eigenvalue weighted by Crippen LogP contribution is 2.34. The van der Waals surface area contributed by atoms with Gasteiger partial charge >= 0.3 is 0 Å². The predicted molar refractivity (Wildman–Crippen MR) is 99.0 cm³/mol. The molecule has 0 radical (unpaired) electrons. The maximum atomic E-state index is 14.2. The summed E-state index contributed by atoms with van der Waals surface area (Å²) in [5.41, 5.74) is 1.87. The quantitative estimate of drug-likeness (QED) is 0.808. The van der Waals surface area contributed by atoms with Gasteiger partial charge in [0.2, 0.25) is 0 Å². The molecule has 1 unspecified atom stereocenters. The van der Waals surface area contributed by atoms with Crippen molar-refractivity contribution in [2.45, 2.75) is 18.9 Å².